The van der Waals surface area contributed by atoms with Crippen LogP contribution in [-0.2, 0) is 9.59 Å². The molecule has 0 bridgehead atoms. The lowest BCUT2D eigenvalue weighted by atomic mass is 9.80. The van der Waals surface area contributed by atoms with Gasteiger partial charge in [0.2, 0.25) is 5.91 Å². The van der Waals surface area contributed by atoms with Gasteiger partial charge < -0.3 is 10.4 Å². The molecule has 0 saturated heterocycles. The number of carbonyl (C=O) groups excluding carboxylic acids is 2. The van der Waals surface area contributed by atoms with Crippen molar-refractivity contribution in [3.63, 3.8) is 0 Å². The van der Waals surface area contributed by atoms with E-state index in [2.05, 4.69) is 10.2 Å². The minimum absolute atomic E-state index is 0.00891. The number of carbonyl (C=O) groups is 3. The lowest BCUT2D eigenvalue weighted by Gasteiger charge is -2.43. The number of amides is 1. The molecule has 0 radical (unpaired) electrons. The summed E-state index contributed by atoms with van der Waals surface area (Å²) in [5.74, 6) is -0.298. The molecule has 1 unspecified atom stereocenters. The average Bonchev–Trinajstić information content (AvgIpc) is 3.41. The zero-order valence-electron chi connectivity index (χ0n) is 15.4. The Labute approximate surface area is 158 Å². The van der Waals surface area contributed by atoms with Crippen molar-refractivity contribution in [1.29, 1.82) is 0 Å². The molecule has 0 aliphatic heterocycles. The van der Waals surface area contributed by atoms with Crippen LogP contribution in [0.3, 0.4) is 0 Å². The largest absolute Gasteiger partial charge is 0.480 e. The summed E-state index contributed by atoms with van der Waals surface area (Å²) < 4.78 is 0. The molecular weight excluding hydrogens is 344 g/mol. The third-order valence-corrected chi connectivity index (χ3v) is 6.12. The van der Waals surface area contributed by atoms with Crippen LogP contribution in [0.2, 0.25) is 0 Å². The number of nitrogens with one attached hydrogen (secondary N) is 1. The maximum absolute atomic E-state index is 12.8. The Hall–Kier alpha value is -2.21. The van der Waals surface area contributed by atoms with Gasteiger partial charge in [-0.1, -0.05) is 24.3 Å². The van der Waals surface area contributed by atoms with Crippen LogP contribution in [0.5, 0.6) is 0 Å². The number of nitrogens with zero attached hydrogens (tertiary/aromatic N) is 1. The Kier molecular flexibility index (Phi) is 5.00. The summed E-state index contributed by atoms with van der Waals surface area (Å²) in [4.78, 5) is 38.0. The Morgan fingerprint density at radius 1 is 1.15 bits per heavy atom. The minimum atomic E-state index is -0.786. The molecule has 2 saturated carbocycles. The third kappa shape index (κ3) is 4.05. The number of Topliss-reactive ketones (excluding diaryl/α,β-unsaturated/α-hetero) is 1. The number of carboxylic acids is 1. The molecule has 1 aromatic rings. The Morgan fingerprint density at radius 3 is 2.59 bits per heavy atom. The summed E-state index contributed by atoms with van der Waals surface area (Å²) in [5.41, 5.74) is 1.51. The van der Waals surface area contributed by atoms with Crippen LogP contribution < -0.4 is 5.32 Å². The number of ketones is 1. The Balaban J connectivity index is 1.33. The highest BCUT2D eigenvalue weighted by molar-refractivity contribution is 6.01. The van der Waals surface area contributed by atoms with Crippen molar-refractivity contribution in [3.05, 3.63) is 35.4 Å². The molecule has 0 aromatic heterocycles. The van der Waals surface area contributed by atoms with Crippen LogP contribution in [0, 0.1) is 5.92 Å². The quantitative estimate of drug-likeness (QED) is 0.768. The van der Waals surface area contributed by atoms with E-state index in [0.29, 0.717) is 24.3 Å². The fraction of sp³-hybridized carbons (Fsp3) is 0.571. The second-order valence-corrected chi connectivity index (χ2v) is 8.20. The van der Waals surface area contributed by atoms with Gasteiger partial charge in [0.1, 0.15) is 0 Å². The normalized spacial score (nSPS) is 27.0. The lowest BCUT2D eigenvalue weighted by Crippen LogP contribution is -2.56. The number of hydrogen-bond acceptors (Lipinski definition) is 4. The molecule has 0 heterocycles. The maximum Gasteiger partial charge on any atom is 0.317 e. The van der Waals surface area contributed by atoms with Gasteiger partial charge in [0.05, 0.1) is 12.5 Å². The van der Waals surface area contributed by atoms with E-state index in [4.69, 9.17) is 5.11 Å². The fourth-order valence-electron chi connectivity index (χ4n) is 4.35. The molecule has 4 rings (SSSR count). The van der Waals surface area contributed by atoms with Crippen molar-refractivity contribution in [2.75, 3.05) is 13.1 Å². The van der Waals surface area contributed by atoms with Gasteiger partial charge in [-0.2, -0.15) is 0 Å². The number of carboxylic acid groups (broad SMARTS) is 1. The SMILES string of the molecule is O=C(O)CN(CC1CC1)C1CC(NC(=O)C2CCC(=O)c3ccccc32)C1. The number of benzene rings is 1. The second-order valence-electron chi connectivity index (χ2n) is 8.20. The topological polar surface area (TPSA) is 86.7 Å². The Bertz CT molecular complexity index is 752. The van der Waals surface area contributed by atoms with Crippen LogP contribution in [0.25, 0.3) is 0 Å². The first-order valence-electron chi connectivity index (χ1n) is 9.89. The fourth-order valence-corrected chi connectivity index (χ4v) is 4.35. The van der Waals surface area contributed by atoms with E-state index in [0.717, 1.165) is 24.9 Å². The molecule has 1 aromatic carbocycles. The molecule has 144 valence electrons. The number of rotatable bonds is 7. The van der Waals surface area contributed by atoms with Crippen molar-refractivity contribution in [2.24, 2.45) is 5.92 Å². The Morgan fingerprint density at radius 2 is 1.89 bits per heavy atom. The van der Waals surface area contributed by atoms with E-state index in [-0.39, 0.29) is 36.2 Å². The van der Waals surface area contributed by atoms with E-state index in [1.54, 1.807) is 6.07 Å². The van der Waals surface area contributed by atoms with E-state index >= 15 is 0 Å². The summed E-state index contributed by atoms with van der Waals surface area (Å²) in [6.07, 6.45) is 4.98. The molecule has 3 aliphatic rings. The maximum atomic E-state index is 12.8. The molecule has 0 spiro atoms. The molecule has 1 atom stereocenters. The van der Waals surface area contributed by atoms with Crippen LogP contribution in [0.15, 0.2) is 24.3 Å². The van der Waals surface area contributed by atoms with Crippen molar-refractivity contribution in [3.8, 4) is 0 Å². The van der Waals surface area contributed by atoms with Crippen molar-refractivity contribution < 1.29 is 19.5 Å². The zero-order valence-corrected chi connectivity index (χ0v) is 15.4. The van der Waals surface area contributed by atoms with Crippen molar-refractivity contribution in [2.45, 2.75) is 56.5 Å². The molecule has 27 heavy (non-hydrogen) atoms. The third-order valence-electron chi connectivity index (χ3n) is 6.12. The first kappa shape index (κ1) is 18.2. The zero-order chi connectivity index (χ0) is 19.0. The first-order valence-corrected chi connectivity index (χ1v) is 9.89. The summed E-state index contributed by atoms with van der Waals surface area (Å²) in [7, 11) is 0. The van der Waals surface area contributed by atoms with E-state index in [1.807, 2.05) is 18.2 Å². The predicted octanol–water partition coefficient (Wildman–Crippen LogP) is 2.19. The van der Waals surface area contributed by atoms with E-state index in [9.17, 15) is 14.4 Å². The first-order chi connectivity index (χ1) is 13.0. The minimum Gasteiger partial charge on any atom is -0.480 e. The van der Waals surface area contributed by atoms with Crippen LogP contribution >= 0.6 is 0 Å². The van der Waals surface area contributed by atoms with E-state index < -0.39 is 5.97 Å². The van der Waals surface area contributed by atoms with E-state index in [1.165, 1.54) is 12.8 Å². The van der Waals surface area contributed by atoms with Gasteiger partial charge in [-0.15, -0.1) is 0 Å². The highest BCUT2D eigenvalue weighted by Gasteiger charge is 2.39. The standard InChI is InChI=1S/C21H26N2O4/c24-19-8-7-18(16-3-1-2-4-17(16)19)21(27)22-14-9-15(10-14)23(12-20(25)26)11-13-5-6-13/h1-4,13-15,18H,5-12H2,(H,22,27)(H,25,26). The number of fused-ring (bicyclic) bond motifs is 1. The molecule has 6 heteroatoms. The van der Waals surface area contributed by atoms with Gasteiger partial charge in [-0.3, -0.25) is 19.3 Å². The highest BCUT2D eigenvalue weighted by atomic mass is 16.4. The smallest absolute Gasteiger partial charge is 0.317 e. The summed E-state index contributed by atoms with van der Waals surface area (Å²) in [5, 5.41) is 12.3. The monoisotopic (exact) mass is 370 g/mol. The summed E-state index contributed by atoms with van der Waals surface area (Å²) >= 11 is 0. The molecule has 3 aliphatic carbocycles. The van der Waals surface area contributed by atoms with Crippen LogP contribution in [-0.4, -0.2) is 52.8 Å². The second kappa shape index (κ2) is 7.43. The van der Waals surface area contributed by atoms with Gasteiger partial charge in [-0.05, 0) is 43.6 Å². The average molecular weight is 370 g/mol. The predicted molar refractivity (Wildman–Crippen MR) is 99.6 cm³/mol. The van der Waals surface area contributed by atoms with Gasteiger partial charge in [0, 0.05) is 30.6 Å². The van der Waals surface area contributed by atoms with Gasteiger partial charge in [0.15, 0.2) is 5.78 Å². The highest BCUT2D eigenvalue weighted by Crippen LogP contribution is 2.35. The lowest BCUT2D eigenvalue weighted by molar-refractivity contribution is -0.140. The van der Waals surface area contributed by atoms with Gasteiger partial charge in [-0.25, -0.2) is 0 Å². The van der Waals surface area contributed by atoms with Crippen LogP contribution in [0.4, 0.5) is 0 Å². The molecule has 1 amide bonds. The van der Waals surface area contributed by atoms with Crippen LogP contribution in [0.1, 0.15) is 60.4 Å². The van der Waals surface area contributed by atoms with Crippen molar-refractivity contribution >= 4 is 17.7 Å². The number of aliphatic carboxylic acids is 1. The molecule has 2 N–H and O–H groups in total. The van der Waals surface area contributed by atoms with Crippen molar-refractivity contribution in [1.82, 2.24) is 10.2 Å². The summed E-state index contributed by atoms with van der Waals surface area (Å²) in [6, 6.07) is 7.74. The summed E-state index contributed by atoms with van der Waals surface area (Å²) in [6.45, 7) is 0.940. The molecular formula is C21H26N2O4. The number of hydrogen-bond donors (Lipinski definition) is 2. The van der Waals surface area contributed by atoms with Gasteiger partial charge >= 0.3 is 5.97 Å². The molecule has 2 fully saturated rings. The molecule has 6 nitrogen and oxygen atoms in total. The van der Waals surface area contributed by atoms with Gasteiger partial charge in [0.25, 0.3) is 0 Å².